The lowest BCUT2D eigenvalue weighted by Crippen LogP contribution is -2.48. The van der Waals surface area contributed by atoms with Crippen molar-refractivity contribution in [2.45, 2.75) is 32.0 Å². The Labute approximate surface area is 171 Å². The summed E-state index contributed by atoms with van der Waals surface area (Å²) in [6.45, 7) is 4.19. The largest absolute Gasteiger partial charge is 0.484 e. The van der Waals surface area contributed by atoms with Crippen LogP contribution < -0.4 is 4.74 Å². The van der Waals surface area contributed by atoms with E-state index in [9.17, 15) is 9.59 Å². The van der Waals surface area contributed by atoms with Gasteiger partial charge in [0.05, 0.1) is 13.2 Å². The maximum atomic E-state index is 12.9. The van der Waals surface area contributed by atoms with Gasteiger partial charge in [0, 0.05) is 38.0 Å². The maximum absolute atomic E-state index is 12.9. The van der Waals surface area contributed by atoms with Crippen LogP contribution >= 0.6 is 0 Å². The molecule has 4 rings (SSSR count). The molecule has 29 heavy (non-hydrogen) atoms. The topological polar surface area (TPSA) is 68.3 Å². The van der Waals surface area contributed by atoms with E-state index < -0.39 is 0 Å². The van der Waals surface area contributed by atoms with Crippen LogP contribution in [0.1, 0.15) is 25.7 Å². The summed E-state index contributed by atoms with van der Waals surface area (Å²) in [5.41, 5.74) is 0. The minimum absolute atomic E-state index is 0.0165. The molecule has 0 saturated carbocycles. The molecule has 7 heteroatoms. The second-order valence-electron chi connectivity index (χ2n) is 8.03. The van der Waals surface area contributed by atoms with E-state index in [0.29, 0.717) is 38.0 Å². The second kappa shape index (κ2) is 9.59. The molecule has 1 aromatic carbocycles. The number of piperidine rings is 2. The molecule has 0 radical (unpaired) electrons. The summed E-state index contributed by atoms with van der Waals surface area (Å²) in [6, 6.07) is 9.36. The third-order valence-corrected chi connectivity index (χ3v) is 6.19. The molecule has 0 N–H and O–H groups in total. The van der Waals surface area contributed by atoms with Crippen LogP contribution in [0.4, 0.5) is 0 Å². The molecule has 0 unspecified atom stereocenters. The van der Waals surface area contributed by atoms with Crippen molar-refractivity contribution in [3.8, 4) is 5.75 Å². The quantitative estimate of drug-likeness (QED) is 0.753. The molecule has 3 aliphatic heterocycles. The molecule has 158 valence electrons. The number of carbonyl (C=O) groups excluding carboxylic acids is 2. The van der Waals surface area contributed by atoms with E-state index in [0.717, 1.165) is 38.8 Å². The Kier molecular flexibility index (Phi) is 6.67. The van der Waals surface area contributed by atoms with Crippen molar-refractivity contribution in [1.82, 2.24) is 9.80 Å². The number of ether oxygens (including phenoxy) is 3. The molecule has 0 aliphatic carbocycles. The van der Waals surface area contributed by atoms with Gasteiger partial charge in [0.25, 0.3) is 5.91 Å². The normalized spacial score (nSPS) is 22.1. The van der Waals surface area contributed by atoms with E-state index in [4.69, 9.17) is 14.2 Å². The first-order chi connectivity index (χ1) is 14.2. The molecule has 0 aromatic heterocycles. The Hall–Kier alpha value is -2.12. The summed E-state index contributed by atoms with van der Waals surface area (Å²) in [5.74, 6) is 1.33. The predicted octanol–water partition coefficient (Wildman–Crippen LogP) is 1.92. The number of nitrogens with zero attached hydrogens (tertiary/aromatic N) is 2. The lowest BCUT2D eigenvalue weighted by molar-refractivity contribution is -0.145. The van der Waals surface area contributed by atoms with Crippen LogP contribution in [0.15, 0.2) is 30.3 Å². The minimum Gasteiger partial charge on any atom is -0.484 e. The summed E-state index contributed by atoms with van der Waals surface area (Å²) in [7, 11) is 0. The number of hydrogen-bond donors (Lipinski definition) is 0. The molecule has 7 nitrogen and oxygen atoms in total. The van der Waals surface area contributed by atoms with Gasteiger partial charge in [-0.1, -0.05) is 18.2 Å². The van der Waals surface area contributed by atoms with Gasteiger partial charge in [-0.3, -0.25) is 9.59 Å². The fourth-order valence-electron chi connectivity index (χ4n) is 4.43. The van der Waals surface area contributed by atoms with Crippen LogP contribution in [-0.4, -0.2) is 73.9 Å². The van der Waals surface area contributed by atoms with Crippen molar-refractivity contribution in [3.05, 3.63) is 30.3 Å². The van der Waals surface area contributed by atoms with Gasteiger partial charge in [-0.15, -0.1) is 0 Å². The van der Waals surface area contributed by atoms with Crippen molar-refractivity contribution >= 4 is 11.8 Å². The summed E-state index contributed by atoms with van der Waals surface area (Å²) in [4.78, 5) is 29.1. The smallest absolute Gasteiger partial charge is 0.260 e. The molecule has 3 heterocycles. The lowest BCUT2D eigenvalue weighted by Gasteiger charge is -2.38. The standard InChI is InChI=1S/C22H30N2O5/c25-20(16-29-19-4-2-1-3-5-19)23-10-6-17(7-11-23)21(26)24-12-8-18(9-13-24)22-27-14-15-28-22/h1-5,17-18,22H,6-16H2. The van der Waals surface area contributed by atoms with Crippen molar-refractivity contribution in [3.63, 3.8) is 0 Å². The van der Waals surface area contributed by atoms with E-state index in [-0.39, 0.29) is 30.6 Å². The van der Waals surface area contributed by atoms with E-state index in [1.807, 2.05) is 40.1 Å². The van der Waals surface area contributed by atoms with E-state index in [1.165, 1.54) is 0 Å². The van der Waals surface area contributed by atoms with Crippen molar-refractivity contribution in [2.24, 2.45) is 11.8 Å². The van der Waals surface area contributed by atoms with Crippen LogP contribution in [0, 0.1) is 11.8 Å². The molecule has 0 atom stereocenters. The van der Waals surface area contributed by atoms with Crippen molar-refractivity contribution in [2.75, 3.05) is 46.0 Å². The number of hydrogen-bond acceptors (Lipinski definition) is 5. The predicted molar refractivity (Wildman–Crippen MR) is 106 cm³/mol. The van der Waals surface area contributed by atoms with Gasteiger partial charge in [0.1, 0.15) is 5.75 Å². The summed E-state index contributed by atoms with van der Waals surface area (Å²) >= 11 is 0. The summed E-state index contributed by atoms with van der Waals surface area (Å²) in [5, 5.41) is 0. The number of rotatable bonds is 5. The van der Waals surface area contributed by atoms with Gasteiger partial charge in [-0.05, 0) is 37.8 Å². The van der Waals surface area contributed by atoms with Gasteiger partial charge in [0.15, 0.2) is 12.9 Å². The molecular weight excluding hydrogens is 372 g/mol. The highest BCUT2D eigenvalue weighted by atomic mass is 16.7. The lowest BCUT2D eigenvalue weighted by atomic mass is 9.91. The van der Waals surface area contributed by atoms with Gasteiger partial charge >= 0.3 is 0 Å². The van der Waals surface area contributed by atoms with Gasteiger partial charge in [-0.25, -0.2) is 0 Å². The van der Waals surface area contributed by atoms with Gasteiger partial charge < -0.3 is 24.0 Å². The van der Waals surface area contributed by atoms with Crippen molar-refractivity contribution in [1.29, 1.82) is 0 Å². The van der Waals surface area contributed by atoms with Crippen LogP contribution in [-0.2, 0) is 19.1 Å². The number of benzene rings is 1. The fourth-order valence-corrected chi connectivity index (χ4v) is 4.43. The van der Waals surface area contributed by atoms with Crippen molar-refractivity contribution < 1.29 is 23.8 Å². The average Bonchev–Trinajstić information content (AvgIpc) is 3.33. The molecule has 2 amide bonds. The molecule has 1 aromatic rings. The SMILES string of the molecule is O=C(COc1ccccc1)N1CCC(C(=O)N2CCC(C3OCCO3)CC2)CC1. The second-order valence-corrected chi connectivity index (χ2v) is 8.03. The molecule has 0 spiro atoms. The molecule has 0 bridgehead atoms. The number of amides is 2. The Balaban J connectivity index is 1.18. The first-order valence-corrected chi connectivity index (χ1v) is 10.7. The Bertz CT molecular complexity index is 676. The number of para-hydroxylation sites is 1. The summed E-state index contributed by atoms with van der Waals surface area (Å²) < 4.78 is 16.8. The zero-order valence-corrected chi connectivity index (χ0v) is 16.8. The van der Waals surface area contributed by atoms with E-state index >= 15 is 0 Å². The van der Waals surface area contributed by atoms with Crippen LogP contribution in [0.5, 0.6) is 5.75 Å². The first kappa shape index (κ1) is 20.2. The highest BCUT2D eigenvalue weighted by molar-refractivity contribution is 5.80. The fraction of sp³-hybridized carbons (Fsp3) is 0.636. The molecule has 3 aliphatic rings. The maximum Gasteiger partial charge on any atom is 0.260 e. The van der Waals surface area contributed by atoms with Crippen LogP contribution in [0.2, 0.25) is 0 Å². The molecule has 3 saturated heterocycles. The van der Waals surface area contributed by atoms with Crippen LogP contribution in [0.3, 0.4) is 0 Å². The highest BCUT2D eigenvalue weighted by Crippen LogP contribution is 2.28. The monoisotopic (exact) mass is 402 g/mol. The average molecular weight is 402 g/mol. The first-order valence-electron chi connectivity index (χ1n) is 10.7. The third kappa shape index (κ3) is 5.08. The number of carbonyl (C=O) groups is 2. The Morgan fingerprint density at radius 3 is 2.17 bits per heavy atom. The zero-order chi connectivity index (χ0) is 20.1. The minimum atomic E-state index is -0.0837. The Morgan fingerprint density at radius 2 is 1.52 bits per heavy atom. The van der Waals surface area contributed by atoms with E-state index in [1.54, 1.807) is 0 Å². The Morgan fingerprint density at radius 1 is 0.897 bits per heavy atom. The number of likely N-dealkylation sites (tertiary alicyclic amines) is 2. The van der Waals surface area contributed by atoms with Gasteiger partial charge in [0.2, 0.25) is 5.91 Å². The summed E-state index contributed by atoms with van der Waals surface area (Å²) in [6.07, 6.45) is 3.24. The zero-order valence-electron chi connectivity index (χ0n) is 16.8. The molecule has 3 fully saturated rings. The van der Waals surface area contributed by atoms with Crippen LogP contribution in [0.25, 0.3) is 0 Å². The van der Waals surface area contributed by atoms with Gasteiger partial charge in [-0.2, -0.15) is 0 Å². The van der Waals surface area contributed by atoms with E-state index in [2.05, 4.69) is 0 Å². The molecular formula is C22H30N2O5. The third-order valence-electron chi connectivity index (χ3n) is 6.19. The highest BCUT2D eigenvalue weighted by Gasteiger charge is 2.35.